The third-order valence-corrected chi connectivity index (χ3v) is 7.40. The summed E-state index contributed by atoms with van der Waals surface area (Å²) in [5, 5.41) is 2.80. The van der Waals surface area contributed by atoms with Crippen LogP contribution in [0.2, 0.25) is 0 Å². The van der Waals surface area contributed by atoms with Crippen molar-refractivity contribution >= 4 is 31.9 Å². The van der Waals surface area contributed by atoms with Crippen molar-refractivity contribution in [1.82, 2.24) is 9.62 Å². The lowest BCUT2D eigenvalue weighted by atomic mass is 10.1. The van der Waals surface area contributed by atoms with E-state index in [1.807, 2.05) is 30.3 Å². The molecule has 1 amide bonds. The van der Waals surface area contributed by atoms with Crippen LogP contribution in [0.25, 0.3) is 0 Å². The van der Waals surface area contributed by atoms with E-state index in [1.54, 1.807) is 31.2 Å². The van der Waals surface area contributed by atoms with E-state index in [0.29, 0.717) is 6.42 Å². The molecule has 0 aromatic heterocycles. The molecule has 168 valence electrons. The monoisotopic (exact) mass is 518 g/mol. The van der Waals surface area contributed by atoms with Gasteiger partial charge in [-0.15, -0.1) is 0 Å². The fraction of sp³-hybridized carbons (Fsp3) is 0.208. The fourth-order valence-electron chi connectivity index (χ4n) is 3.22. The number of halogens is 2. The molecular weight excluding hydrogens is 495 g/mol. The summed E-state index contributed by atoms with van der Waals surface area (Å²) in [5.41, 5.74) is 1.70. The normalized spacial score (nSPS) is 12.5. The first-order valence-corrected chi connectivity index (χ1v) is 12.3. The van der Waals surface area contributed by atoms with Gasteiger partial charge in [-0.05, 0) is 60.9 Å². The number of hydrogen-bond donors (Lipinski definition) is 1. The molecule has 1 N–H and O–H groups in total. The summed E-state index contributed by atoms with van der Waals surface area (Å²) in [7, 11) is -3.89. The summed E-state index contributed by atoms with van der Waals surface area (Å²) in [5.74, 6) is -0.796. The Balaban J connectivity index is 1.77. The summed E-state index contributed by atoms with van der Waals surface area (Å²) in [6.07, 6.45) is 0.470. The summed E-state index contributed by atoms with van der Waals surface area (Å²) >= 11 is 3.31. The topological polar surface area (TPSA) is 66.5 Å². The quantitative estimate of drug-likeness (QED) is 0.446. The molecule has 3 aromatic carbocycles. The van der Waals surface area contributed by atoms with Gasteiger partial charge in [0, 0.05) is 11.0 Å². The van der Waals surface area contributed by atoms with Gasteiger partial charge in [-0.1, -0.05) is 58.4 Å². The molecule has 3 aromatic rings. The summed E-state index contributed by atoms with van der Waals surface area (Å²) in [6, 6.07) is 21.3. The first kappa shape index (κ1) is 24.1. The lowest BCUT2D eigenvalue weighted by Gasteiger charge is -2.23. The molecule has 0 spiro atoms. The number of sulfonamides is 1. The summed E-state index contributed by atoms with van der Waals surface area (Å²) in [6.45, 7) is 1.60. The van der Waals surface area contributed by atoms with E-state index in [1.165, 1.54) is 28.6 Å². The van der Waals surface area contributed by atoms with Gasteiger partial charge in [-0.2, -0.15) is 4.31 Å². The van der Waals surface area contributed by atoms with Gasteiger partial charge in [-0.3, -0.25) is 4.79 Å². The molecule has 8 heteroatoms. The zero-order valence-corrected chi connectivity index (χ0v) is 19.9. The van der Waals surface area contributed by atoms with Gasteiger partial charge >= 0.3 is 0 Å². The van der Waals surface area contributed by atoms with E-state index >= 15 is 0 Å². The molecule has 0 bridgehead atoms. The van der Waals surface area contributed by atoms with E-state index < -0.39 is 22.0 Å². The second kappa shape index (κ2) is 10.8. The van der Waals surface area contributed by atoms with E-state index in [9.17, 15) is 17.6 Å². The Morgan fingerprint density at radius 1 is 1.00 bits per heavy atom. The highest BCUT2D eigenvalue weighted by Gasteiger charge is 2.27. The second-order valence-corrected chi connectivity index (χ2v) is 10.2. The molecule has 0 radical (unpaired) electrons. The predicted octanol–water partition coefficient (Wildman–Crippen LogP) is 4.70. The maximum Gasteiger partial charge on any atom is 0.243 e. The Morgan fingerprint density at radius 3 is 2.25 bits per heavy atom. The molecule has 0 saturated carbocycles. The molecular formula is C24H24BrFN2O3S. The fourth-order valence-corrected chi connectivity index (χ4v) is 4.88. The molecule has 0 aliphatic carbocycles. The lowest BCUT2D eigenvalue weighted by Crippen LogP contribution is -2.42. The zero-order valence-electron chi connectivity index (χ0n) is 17.5. The SMILES string of the molecule is C[C@@H](NC(=O)CN(CCc1ccccc1)S(=O)(=O)c1ccc(Br)cc1)c1ccc(F)cc1. The molecule has 0 saturated heterocycles. The van der Waals surface area contributed by atoms with Gasteiger partial charge < -0.3 is 5.32 Å². The van der Waals surface area contributed by atoms with Crippen molar-refractivity contribution in [3.8, 4) is 0 Å². The number of amides is 1. The first-order valence-electron chi connectivity index (χ1n) is 10.1. The molecule has 0 fully saturated rings. The number of benzene rings is 3. The Hall–Kier alpha value is -2.55. The highest BCUT2D eigenvalue weighted by atomic mass is 79.9. The van der Waals surface area contributed by atoms with Crippen LogP contribution in [0.3, 0.4) is 0 Å². The van der Waals surface area contributed by atoms with E-state index in [2.05, 4.69) is 21.2 Å². The van der Waals surface area contributed by atoms with Crippen LogP contribution in [-0.4, -0.2) is 31.7 Å². The second-order valence-electron chi connectivity index (χ2n) is 7.37. The van der Waals surface area contributed by atoms with Crippen molar-refractivity contribution in [1.29, 1.82) is 0 Å². The molecule has 32 heavy (non-hydrogen) atoms. The summed E-state index contributed by atoms with van der Waals surface area (Å²) < 4.78 is 41.7. The molecule has 0 unspecified atom stereocenters. The van der Waals surface area contributed by atoms with Gasteiger partial charge in [0.15, 0.2) is 0 Å². The molecule has 1 atom stereocenters. The summed E-state index contributed by atoms with van der Waals surface area (Å²) in [4.78, 5) is 12.9. The molecule has 0 aliphatic rings. The number of rotatable bonds is 9. The number of carbonyl (C=O) groups is 1. The van der Waals surface area contributed by atoms with E-state index in [-0.39, 0.29) is 23.8 Å². The molecule has 3 rings (SSSR count). The maximum atomic E-state index is 13.3. The van der Waals surface area contributed by atoms with Crippen LogP contribution in [-0.2, 0) is 21.2 Å². The highest BCUT2D eigenvalue weighted by Crippen LogP contribution is 2.20. The van der Waals surface area contributed by atoms with Crippen LogP contribution in [0.5, 0.6) is 0 Å². The molecule has 0 aliphatic heterocycles. The van der Waals surface area contributed by atoms with Crippen LogP contribution in [0.1, 0.15) is 24.1 Å². The largest absolute Gasteiger partial charge is 0.348 e. The van der Waals surface area contributed by atoms with Crippen molar-refractivity contribution in [2.45, 2.75) is 24.3 Å². The van der Waals surface area contributed by atoms with Crippen LogP contribution in [0.15, 0.2) is 88.2 Å². The third-order valence-electron chi connectivity index (χ3n) is 5.01. The minimum atomic E-state index is -3.89. The Labute approximate surface area is 196 Å². The lowest BCUT2D eigenvalue weighted by molar-refractivity contribution is -0.121. The maximum absolute atomic E-state index is 13.3. The minimum absolute atomic E-state index is 0.119. The Kier molecular flexibility index (Phi) is 8.17. The zero-order chi connectivity index (χ0) is 23.1. The highest BCUT2D eigenvalue weighted by molar-refractivity contribution is 9.10. The average Bonchev–Trinajstić information content (AvgIpc) is 2.78. The van der Waals surface area contributed by atoms with Crippen molar-refractivity contribution in [3.05, 3.63) is 100 Å². The van der Waals surface area contributed by atoms with Crippen LogP contribution in [0.4, 0.5) is 4.39 Å². The van der Waals surface area contributed by atoms with Crippen molar-refractivity contribution in [2.75, 3.05) is 13.1 Å². The number of nitrogens with zero attached hydrogens (tertiary/aromatic N) is 1. The van der Waals surface area contributed by atoms with Gasteiger partial charge in [0.05, 0.1) is 17.5 Å². The number of nitrogens with one attached hydrogen (secondary N) is 1. The van der Waals surface area contributed by atoms with Gasteiger partial charge in [0.1, 0.15) is 5.82 Å². The third kappa shape index (κ3) is 6.48. The van der Waals surface area contributed by atoms with Crippen molar-refractivity contribution in [2.24, 2.45) is 0 Å². The van der Waals surface area contributed by atoms with E-state index in [4.69, 9.17) is 0 Å². The number of hydrogen-bond acceptors (Lipinski definition) is 3. The smallest absolute Gasteiger partial charge is 0.243 e. The molecule has 0 heterocycles. The van der Waals surface area contributed by atoms with Gasteiger partial charge in [0.25, 0.3) is 0 Å². The number of carbonyl (C=O) groups excluding carboxylic acids is 1. The molecule has 5 nitrogen and oxygen atoms in total. The standard InChI is InChI=1S/C24H24BrFN2O3S/c1-18(20-7-11-22(26)12-8-20)27-24(29)17-28(16-15-19-5-3-2-4-6-19)32(30,31)23-13-9-21(25)10-14-23/h2-14,18H,15-17H2,1H3,(H,27,29)/t18-/m1/s1. The predicted molar refractivity (Wildman–Crippen MR) is 126 cm³/mol. The van der Waals surface area contributed by atoms with Crippen LogP contribution in [0, 0.1) is 5.82 Å². The van der Waals surface area contributed by atoms with Crippen molar-refractivity contribution in [3.63, 3.8) is 0 Å². The minimum Gasteiger partial charge on any atom is -0.348 e. The average molecular weight is 519 g/mol. The van der Waals surface area contributed by atoms with Gasteiger partial charge in [-0.25, -0.2) is 12.8 Å². The Bertz CT molecular complexity index is 1140. The van der Waals surface area contributed by atoms with Gasteiger partial charge in [0.2, 0.25) is 15.9 Å². The van der Waals surface area contributed by atoms with Crippen LogP contribution < -0.4 is 5.32 Å². The first-order chi connectivity index (χ1) is 15.3. The van der Waals surface area contributed by atoms with E-state index in [0.717, 1.165) is 15.6 Å². The van der Waals surface area contributed by atoms with Crippen molar-refractivity contribution < 1.29 is 17.6 Å². The van der Waals surface area contributed by atoms with Crippen LogP contribution >= 0.6 is 15.9 Å². The Morgan fingerprint density at radius 2 is 1.62 bits per heavy atom.